The summed E-state index contributed by atoms with van der Waals surface area (Å²) in [7, 11) is 0. The Hall–Kier alpha value is -2.69. The van der Waals surface area contributed by atoms with E-state index in [1.54, 1.807) is 12.4 Å². The Morgan fingerprint density at radius 2 is 2.10 bits per heavy atom. The number of amides is 1. The predicted molar refractivity (Wildman–Crippen MR) is 82.1 cm³/mol. The molecule has 0 saturated carbocycles. The van der Waals surface area contributed by atoms with Gasteiger partial charge in [0.15, 0.2) is 5.65 Å². The Bertz CT molecular complexity index is 807. The van der Waals surface area contributed by atoms with E-state index in [1.165, 1.54) is 6.92 Å². The van der Waals surface area contributed by atoms with Crippen molar-refractivity contribution in [2.24, 2.45) is 0 Å². The fourth-order valence-corrected chi connectivity index (χ4v) is 2.55. The number of carbonyl (C=O) groups excluding carboxylic acids is 1. The van der Waals surface area contributed by atoms with Gasteiger partial charge in [-0.2, -0.15) is 5.10 Å². The van der Waals surface area contributed by atoms with Crippen molar-refractivity contribution in [1.82, 2.24) is 14.6 Å². The fraction of sp³-hybridized carbons (Fsp3) is 0.188. The van der Waals surface area contributed by atoms with E-state index < -0.39 is 0 Å². The Kier molecular flexibility index (Phi) is 3.39. The SMILES string of the molecule is CCc1c(NC(C)=O)cccc1-c1ccnc2ccnn12. The molecule has 0 fully saturated rings. The van der Waals surface area contributed by atoms with E-state index in [2.05, 4.69) is 22.3 Å². The van der Waals surface area contributed by atoms with Gasteiger partial charge in [-0.15, -0.1) is 0 Å². The molecule has 0 unspecified atom stereocenters. The molecule has 0 spiro atoms. The van der Waals surface area contributed by atoms with Gasteiger partial charge >= 0.3 is 0 Å². The lowest BCUT2D eigenvalue weighted by Crippen LogP contribution is -2.09. The first-order chi connectivity index (χ1) is 10.2. The molecule has 0 atom stereocenters. The van der Waals surface area contributed by atoms with E-state index >= 15 is 0 Å². The molecular formula is C16H16N4O. The van der Waals surface area contributed by atoms with E-state index in [9.17, 15) is 4.79 Å². The van der Waals surface area contributed by atoms with E-state index in [4.69, 9.17) is 0 Å². The van der Waals surface area contributed by atoms with Crippen molar-refractivity contribution < 1.29 is 4.79 Å². The van der Waals surface area contributed by atoms with Crippen LogP contribution in [0.1, 0.15) is 19.4 Å². The first kappa shape index (κ1) is 13.3. The summed E-state index contributed by atoms with van der Waals surface area (Å²) < 4.78 is 1.81. The first-order valence-electron chi connectivity index (χ1n) is 6.89. The van der Waals surface area contributed by atoms with Crippen molar-refractivity contribution in [3.8, 4) is 11.3 Å². The molecule has 1 amide bonds. The molecular weight excluding hydrogens is 264 g/mol. The van der Waals surface area contributed by atoms with Crippen LogP contribution in [0.3, 0.4) is 0 Å². The number of anilines is 1. The van der Waals surface area contributed by atoms with Crippen LogP contribution in [0.4, 0.5) is 5.69 Å². The largest absolute Gasteiger partial charge is 0.326 e. The maximum absolute atomic E-state index is 11.4. The van der Waals surface area contributed by atoms with Crippen LogP contribution < -0.4 is 5.32 Å². The van der Waals surface area contributed by atoms with Crippen molar-refractivity contribution in [3.63, 3.8) is 0 Å². The second kappa shape index (κ2) is 5.36. The lowest BCUT2D eigenvalue weighted by molar-refractivity contribution is -0.114. The summed E-state index contributed by atoms with van der Waals surface area (Å²) in [6.45, 7) is 3.59. The highest BCUT2D eigenvalue weighted by Crippen LogP contribution is 2.29. The quantitative estimate of drug-likeness (QED) is 0.802. The van der Waals surface area contributed by atoms with Crippen LogP contribution in [0.2, 0.25) is 0 Å². The van der Waals surface area contributed by atoms with Gasteiger partial charge in [0, 0.05) is 30.4 Å². The molecule has 0 saturated heterocycles. The number of hydrogen-bond acceptors (Lipinski definition) is 3. The summed E-state index contributed by atoms with van der Waals surface area (Å²) in [6, 6.07) is 9.71. The van der Waals surface area contributed by atoms with Gasteiger partial charge in [0.1, 0.15) is 0 Å². The molecule has 1 N–H and O–H groups in total. The molecule has 0 aliphatic rings. The van der Waals surface area contributed by atoms with Crippen LogP contribution in [-0.2, 0) is 11.2 Å². The lowest BCUT2D eigenvalue weighted by Gasteiger charge is -2.14. The smallest absolute Gasteiger partial charge is 0.221 e. The molecule has 5 nitrogen and oxygen atoms in total. The third-order valence-corrected chi connectivity index (χ3v) is 3.41. The zero-order chi connectivity index (χ0) is 14.8. The zero-order valence-electron chi connectivity index (χ0n) is 12.0. The van der Waals surface area contributed by atoms with Gasteiger partial charge < -0.3 is 5.32 Å². The van der Waals surface area contributed by atoms with Gasteiger partial charge in [-0.3, -0.25) is 4.79 Å². The number of carbonyl (C=O) groups is 1. The predicted octanol–water partition coefficient (Wildman–Crippen LogP) is 2.92. The molecule has 2 heterocycles. The van der Waals surface area contributed by atoms with Crippen molar-refractivity contribution in [1.29, 1.82) is 0 Å². The molecule has 3 aromatic rings. The Labute approximate surface area is 122 Å². The zero-order valence-corrected chi connectivity index (χ0v) is 12.0. The summed E-state index contributed by atoms with van der Waals surface area (Å²) in [5, 5.41) is 7.22. The highest BCUT2D eigenvalue weighted by molar-refractivity contribution is 5.91. The Morgan fingerprint density at radius 1 is 1.24 bits per heavy atom. The first-order valence-corrected chi connectivity index (χ1v) is 6.89. The average Bonchev–Trinajstić information content (AvgIpc) is 2.94. The minimum absolute atomic E-state index is 0.0687. The Morgan fingerprint density at radius 3 is 2.86 bits per heavy atom. The van der Waals surface area contributed by atoms with Crippen LogP contribution in [0.5, 0.6) is 0 Å². The van der Waals surface area contributed by atoms with E-state index in [1.807, 2.05) is 34.8 Å². The maximum Gasteiger partial charge on any atom is 0.221 e. The van der Waals surface area contributed by atoms with Crippen LogP contribution in [0.15, 0.2) is 42.7 Å². The normalized spacial score (nSPS) is 10.8. The van der Waals surface area contributed by atoms with Crippen molar-refractivity contribution >= 4 is 17.2 Å². The van der Waals surface area contributed by atoms with Crippen LogP contribution in [0.25, 0.3) is 16.9 Å². The number of benzene rings is 1. The molecule has 21 heavy (non-hydrogen) atoms. The van der Waals surface area contributed by atoms with Gasteiger partial charge in [0.05, 0.1) is 11.9 Å². The Balaban J connectivity index is 2.22. The topological polar surface area (TPSA) is 59.3 Å². The van der Waals surface area contributed by atoms with E-state index in [0.29, 0.717) is 0 Å². The minimum atomic E-state index is -0.0687. The highest BCUT2D eigenvalue weighted by atomic mass is 16.1. The second-order valence-electron chi connectivity index (χ2n) is 4.80. The number of hydrogen-bond donors (Lipinski definition) is 1. The lowest BCUT2D eigenvalue weighted by atomic mass is 10.00. The molecule has 0 aliphatic carbocycles. The molecule has 106 valence electrons. The molecule has 3 rings (SSSR count). The van der Waals surface area contributed by atoms with E-state index in [0.717, 1.165) is 34.6 Å². The summed E-state index contributed by atoms with van der Waals surface area (Å²) in [5.41, 5.74) is 4.77. The summed E-state index contributed by atoms with van der Waals surface area (Å²) in [5.74, 6) is -0.0687. The van der Waals surface area contributed by atoms with Gasteiger partial charge in [-0.05, 0) is 24.1 Å². The third kappa shape index (κ3) is 2.38. The molecule has 0 aliphatic heterocycles. The number of rotatable bonds is 3. The summed E-state index contributed by atoms with van der Waals surface area (Å²) >= 11 is 0. The van der Waals surface area contributed by atoms with Gasteiger partial charge in [-0.25, -0.2) is 9.50 Å². The molecule has 1 aromatic carbocycles. The maximum atomic E-state index is 11.4. The molecule has 0 radical (unpaired) electrons. The summed E-state index contributed by atoms with van der Waals surface area (Å²) in [6.07, 6.45) is 4.32. The summed E-state index contributed by atoms with van der Waals surface area (Å²) in [4.78, 5) is 15.6. The fourth-order valence-electron chi connectivity index (χ4n) is 2.55. The van der Waals surface area contributed by atoms with Crippen LogP contribution in [-0.4, -0.2) is 20.5 Å². The third-order valence-electron chi connectivity index (χ3n) is 3.41. The number of fused-ring (bicyclic) bond motifs is 1. The number of nitrogens with one attached hydrogen (secondary N) is 1. The minimum Gasteiger partial charge on any atom is -0.326 e. The molecule has 2 aromatic heterocycles. The molecule has 5 heteroatoms. The van der Waals surface area contributed by atoms with Crippen LogP contribution in [0, 0.1) is 0 Å². The van der Waals surface area contributed by atoms with Crippen molar-refractivity contribution in [2.75, 3.05) is 5.32 Å². The second-order valence-corrected chi connectivity index (χ2v) is 4.80. The van der Waals surface area contributed by atoms with E-state index in [-0.39, 0.29) is 5.91 Å². The van der Waals surface area contributed by atoms with Gasteiger partial charge in [0.2, 0.25) is 5.91 Å². The standard InChI is InChI=1S/C16H16N4O/c1-3-12-13(5-4-6-14(12)19-11(2)21)15-7-9-17-16-8-10-18-20(15)16/h4-10H,3H2,1-2H3,(H,19,21). The van der Waals surface area contributed by atoms with Gasteiger partial charge in [0.25, 0.3) is 0 Å². The van der Waals surface area contributed by atoms with Gasteiger partial charge in [-0.1, -0.05) is 19.1 Å². The monoisotopic (exact) mass is 280 g/mol. The number of aromatic nitrogens is 3. The van der Waals surface area contributed by atoms with Crippen molar-refractivity contribution in [3.05, 3.63) is 48.3 Å². The van der Waals surface area contributed by atoms with Crippen LogP contribution >= 0.6 is 0 Å². The highest BCUT2D eigenvalue weighted by Gasteiger charge is 2.12. The molecule has 0 bridgehead atoms. The average molecular weight is 280 g/mol. The van der Waals surface area contributed by atoms with Crippen molar-refractivity contribution in [2.45, 2.75) is 20.3 Å². The number of nitrogens with zero attached hydrogens (tertiary/aromatic N) is 3.